The van der Waals surface area contributed by atoms with Crippen LogP contribution >= 0.6 is 0 Å². The molecule has 0 aromatic heterocycles. The molecule has 2 heteroatoms. The van der Waals surface area contributed by atoms with E-state index in [4.69, 9.17) is 16.9 Å². The Bertz CT molecular complexity index is 133. The lowest BCUT2D eigenvalue weighted by molar-refractivity contribution is 0.0108. The lowest BCUT2D eigenvalue weighted by Gasteiger charge is -2.24. The largest absolute Gasteiger partial charge is 0.376 e. The second-order valence-corrected chi connectivity index (χ2v) is 2.60. The highest BCUT2D eigenvalue weighted by molar-refractivity contribution is 5.01. The number of hydrogen-bond donors (Lipinski definition) is 1. The Balaban J connectivity index is 2.33. The second-order valence-electron chi connectivity index (χ2n) is 2.60. The van der Waals surface area contributed by atoms with Gasteiger partial charge >= 0.3 is 0 Å². The van der Waals surface area contributed by atoms with Crippen LogP contribution < -0.4 is 5.73 Å². The van der Waals surface area contributed by atoms with Crippen molar-refractivity contribution in [2.45, 2.75) is 31.4 Å². The van der Waals surface area contributed by atoms with E-state index in [-0.39, 0.29) is 12.1 Å². The monoisotopic (exact) mass is 139 g/mol. The third-order valence-corrected chi connectivity index (χ3v) is 1.81. The van der Waals surface area contributed by atoms with Crippen molar-refractivity contribution in [2.75, 3.05) is 6.61 Å². The van der Waals surface area contributed by atoms with E-state index in [2.05, 4.69) is 5.92 Å². The van der Waals surface area contributed by atoms with Gasteiger partial charge in [0, 0.05) is 6.61 Å². The van der Waals surface area contributed by atoms with E-state index in [1.165, 1.54) is 6.42 Å². The van der Waals surface area contributed by atoms with Gasteiger partial charge in [0.2, 0.25) is 0 Å². The van der Waals surface area contributed by atoms with E-state index in [1.54, 1.807) is 0 Å². The van der Waals surface area contributed by atoms with Gasteiger partial charge in [-0.25, -0.2) is 0 Å². The highest BCUT2D eigenvalue weighted by Gasteiger charge is 2.18. The van der Waals surface area contributed by atoms with Gasteiger partial charge < -0.3 is 10.5 Å². The van der Waals surface area contributed by atoms with Gasteiger partial charge in [0.25, 0.3) is 0 Å². The normalized spacial score (nSPS) is 29.0. The van der Waals surface area contributed by atoms with E-state index in [0.29, 0.717) is 0 Å². The molecule has 1 aliphatic rings. The molecule has 0 saturated carbocycles. The summed E-state index contributed by atoms with van der Waals surface area (Å²) in [7, 11) is 0. The zero-order valence-electron chi connectivity index (χ0n) is 6.05. The summed E-state index contributed by atoms with van der Waals surface area (Å²) in [5.41, 5.74) is 5.59. The minimum absolute atomic E-state index is 0.110. The van der Waals surface area contributed by atoms with E-state index in [0.717, 1.165) is 19.4 Å². The summed E-state index contributed by atoms with van der Waals surface area (Å²) in [5.74, 6) is 2.49. The van der Waals surface area contributed by atoms with Crippen molar-refractivity contribution in [1.29, 1.82) is 0 Å². The third kappa shape index (κ3) is 1.73. The zero-order chi connectivity index (χ0) is 7.40. The summed E-state index contributed by atoms with van der Waals surface area (Å²) < 4.78 is 5.36. The lowest BCUT2D eigenvalue weighted by atomic mass is 10.0. The first-order valence-corrected chi connectivity index (χ1v) is 3.68. The van der Waals surface area contributed by atoms with Crippen molar-refractivity contribution in [3.05, 3.63) is 0 Å². The Hall–Kier alpha value is -0.520. The summed E-state index contributed by atoms with van der Waals surface area (Å²) in [4.78, 5) is 0. The van der Waals surface area contributed by atoms with Gasteiger partial charge in [-0.1, -0.05) is 5.92 Å². The third-order valence-electron chi connectivity index (χ3n) is 1.81. The van der Waals surface area contributed by atoms with Crippen molar-refractivity contribution in [3.63, 3.8) is 0 Å². The Morgan fingerprint density at radius 1 is 1.60 bits per heavy atom. The average Bonchev–Trinajstić information content (AvgIpc) is 2.05. The topological polar surface area (TPSA) is 35.2 Å². The van der Waals surface area contributed by atoms with Crippen LogP contribution in [0.2, 0.25) is 0 Å². The van der Waals surface area contributed by atoms with E-state index < -0.39 is 0 Å². The molecule has 0 aromatic rings. The first-order valence-electron chi connectivity index (χ1n) is 3.68. The van der Waals surface area contributed by atoms with Crippen molar-refractivity contribution < 1.29 is 4.74 Å². The number of hydrogen-bond acceptors (Lipinski definition) is 2. The summed E-state index contributed by atoms with van der Waals surface area (Å²) in [5, 5.41) is 0. The first-order chi connectivity index (χ1) is 4.84. The molecule has 2 N–H and O–H groups in total. The molecular formula is C8H13NO. The number of terminal acetylenes is 1. The van der Waals surface area contributed by atoms with Crippen LogP contribution in [0.25, 0.3) is 0 Å². The summed E-state index contributed by atoms with van der Waals surface area (Å²) in [6.45, 7) is 0.819. The molecule has 56 valence electrons. The molecule has 1 heterocycles. The fourth-order valence-corrected chi connectivity index (χ4v) is 1.16. The molecule has 10 heavy (non-hydrogen) atoms. The average molecular weight is 139 g/mol. The fourth-order valence-electron chi connectivity index (χ4n) is 1.16. The van der Waals surface area contributed by atoms with Crippen LogP contribution in [0.15, 0.2) is 0 Å². The molecule has 0 aromatic carbocycles. The predicted octanol–water partition coefficient (Wildman–Crippen LogP) is 0.516. The SMILES string of the molecule is C#C[C@@H](N)[C@H]1CCCCO1. The summed E-state index contributed by atoms with van der Waals surface area (Å²) in [6.07, 6.45) is 8.62. The van der Waals surface area contributed by atoms with Crippen LogP contribution in [-0.4, -0.2) is 18.8 Å². The maximum atomic E-state index is 5.59. The molecule has 0 spiro atoms. The number of nitrogens with two attached hydrogens (primary N) is 1. The summed E-state index contributed by atoms with van der Waals surface area (Å²) in [6, 6.07) is -0.208. The van der Waals surface area contributed by atoms with E-state index in [9.17, 15) is 0 Å². The highest BCUT2D eigenvalue weighted by Crippen LogP contribution is 2.14. The van der Waals surface area contributed by atoms with Crippen LogP contribution in [0.3, 0.4) is 0 Å². The molecule has 1 saturated heterocycles. The maximum absolute atomic E-state index is 5.59. The van der Waals surface area contributed by atoms with Gasteiger partial charge in [0.15, 0.2) is 0 Å². The van der Waals surface area contributed by atoms with Gasteiger partial charge in [-0.05, 0) is 19.3 Å². The molecule has 2 atom stereocenters. The lowest BCUT2D eigenvalue weighted by Crippen LogP contribution is -2.37. The quantitative estimate of drug-likeness (QED) is 0.537. The molecule has 1 aliphatic heterocycles. The van der Waals surface area contributed by atoms with Crippen molar-refractivity contribution in [2.24, 2.45) is 5.73 Å². The van der Waals surface area contributed by atoms with Crippen LogP contribution in [-0.2, 0) is 4.74 Å². The van der Waals surface area contributed by atoms with Crippen LogP contribution in [0.5, 0.6) is 0 Å². The van der Waals surface area contributed by atoms with Crippen LogP contribution in [0.1, 0.15) is 19.3 Å². The molecule has 2 nitrogen and oxygen atoms in total. The van der Waals surface area contributed by atoms with Crippen molar-refractivity contribution >= 4 is 0 Å². The minimum Gasteiger partial charge on any atom is -0.376 e. The Morgan fingerprint density at radius 3 is 2.90 bits per heavy atom. The molecule has 0 bridgehead atoms. The van der Waals surface area contributed by atoms with Crippen molar-refractivity contribution in [1.82, 2.24) is 0 Å². The first kappa shape index (κ1) is 7.59. The second kappa shape index (κ2) is 3.60. The Morgan fingerprint density at radius 2 is 2.40 bits per heavy atom. The highest BCUT2D eigenvalue weighted by atomic mass is 16.5. The van der Waals surface area contributed by atoms with Crippen molar-refractivity contribution in [3.8, 4) is 12.3 Å². The molecule has 0 radical (unpaired) electrons. The van der Waals surface area contributed by atoms with Gasteiger partial charge in [-0.3, -0.25) is 0 Å². The van der Waals surface area contributed by atoms with Crippen LogP contribution in [0.4, 0.5) is 0 Å². The van der Waals surface area contributed by atoms with Gasteiger partial charge in [0.05, 0.1) is 12.1 Å². The zero-order valence-corrected chi connectivity index (χ0v) is 6.05. The number of ether oxygens (including phenoxy) is 1. The fraction of sp³-hybridized carbons (Fsp3) is 0.750. The van der Waals surface area contributed by atoms with E-state index in [1.807, 2.05) is 0 Å². The summed E-state index contributed by atoms with van der Waals surface area (Å²) >= 11 is 0. The van der Waals surface area contributed by atoms with Gasteiger partial charge in [-0.15, -0.1) is 6.42 Å². The Labute approximate surface area is 61.7 Å². The molecular weight excluding hydrogens is 126 g/mol. The van der Waals surface area contributed by atoms with Crippen LogP contribution in [0, 0.1) is 12.3 Å². The smallest absolute Gasteiger partial charge is 0.0927 e. The molecule has 1 fully saturated rings. The van der Waals surface area contributed by atoms with E-state index >= 15 is 0 Å². The van der Waals surface area contributed by atoms with Gasteiger partial charge in [0.1, 0.15) is 0 Å². The maximum Gasteiger partial charge on any atom is 0.0927 e. The Kier molecular flexibility index (Phi) is 2.73. The number of rotatable bonds is 1. The molecule has 0 amide bonds. The minimum atomic E-state index is -0.208. The molecule has 0 aliphatic carbocycles. The van der Waals surface area contributed by atoms with Gasteiger partial charge in [-0.2, -0.15) is 0 Å². The molecule has 1 rings (SSSR count). The molecule has 0 unspecified atom stereocenters. The standard InChI is InChI=1S/C8H13NO/c1-2-7(9)8-5-3-4-6-10-8/h1,7-8H,3-6,9H2/t7-,8-/m1/s1. The predicted molar refractivity (Wildman–Crippen MR) is 40.4 cm³/mol.